The molecule has 1 aromatic carbocycles. The zero-order valence-corrected chi connectivity index (χ0v) is 11.1. The molecule has 1 N–H and O–H groups in total. The quantitative estimate of drug-likeness (QED) is 0.925. The molecule has 0 atom stereocenters. The van der Waals surface area contributed by atoms with E-state index in [0.29, 0.717) is 11.7 Å². The number of hydrogen-bond acceptors (Lipinski definition) is 3. The summed E-state index contributed by atoms with van der Waals surface area (Å²) < 4.78 is 0. The highest BCUT2D eigenvalue weighted by atomic mass is 16.4. The predicted octanol–water partition coefficient (Wildman–Crippen LogP) is 3.50. The molecule has 1 aliphatic carbocycles. The summed E-state index contributed by atoms with van der Waals surface area (Å²) in [5.74, 6) is 0.304. The van der Waals surface area contributed by atoms with Gasteiger partial charge in [0.05, 0.1) is 5.56 Å². The lowest BCUT2D eigenvalue weighted by atomic mass is 10.0. The molecule has 0 saturated heterocycles. The van der Waals surface area contributed by atoms with Crippen LogP contribution in [0.2, 0.25) is 0 Å². The lowest BCUT2D eigenvalue weighted by molar-refractivity contribution is 0.0697. The molecule has 1 heterocycles. The summed E-state index contributed by atoms with van der Waals surface area (Å²) >= 11 is 0. The van der Waals surface area contributed by atoms with Gasteiger partial charge in [-0.15, -0.1) is 0 Å². The van der Waals surface area contributed by atoms with Crippen molar-refractivity contribution in [2.75, 3.05) is 0 Å². The Morgan fingerprint density at radius 3 is 2.45 bits per heavy atom. The van der Waals surface area contributed by atoms with Gasteiger partial charge in [-0.1, -0.05) is 25.0 Å². The molecule has 0 spiro atoms. The Hall–Kier alpha value is -2.23. The average Bonchev–Trinajstić information content (AvgIpc) is 3.02. The number of aromatic nitrogens is 2. The van der Waals surface area contributed by atoms with Crippen molar-refractivity contribution in [2.45, 2.75) is 31.6 Å². The van der Waals surface area contributed by atoms with E-state index in [2.05, 4.69) is 9.97 Å². The minimum absolute atomic E-state index is 0.278. The molecule has 0 amide bonds. The van der Waals surface area contributed by atoms with Gasteiger partial charge in [0.15, 0.2) is 5.82 Å². The molecule has 0 unspecified atom stereocenters. The molecule has 1 aliphatic rings. The zero-order valence-electron chi connectivity index (χ0n) is 11.1. The largest absolute Gasteiger partial charge is 0.478 e. The molecule has 4 heteroatoms. The summed E-state index contributed by atoms with van der Waals surface area (Å²) in [6.45, 7) is 0. The van der Waals surface area contributed by atoms with Gasteiger partial charge >= 0.3 is 5.97 Å². The summed E-state index contributed by atoms with van der Waals surface area (Å²) in [5, 5.41) is 8.90. The molecular formula is C16H16N2O2. The van der Waals surface area contributed by atoms with Crippen molar-refractivity contribution < 1.29 is 9.90 Å². The fraction of sp³-hybridized carbons (Fsp3) is 0.312. The number of carboxylic acid groups (broad SMARTS) is 1. The number of hydrogen-bond donors (Lipinski definition) is 1. The van der Waals surface area contributed by atoms with Gasteiger partial charge in [0, 0.05) is 23.4 Å². The number of carbonyl (C=O) groups is 1. The maximum absolute atomic E-state index is 10.8. The summed E-state index contributed by atoms with van der Waals surface area (Å²) in [6.07, 6.45) is 6.75. The fourth-order valence-corrected chi connectivity index (χ4v) is 2.72. The maximum Gasteiger partial charge on any atom is 0.335 e. The van der Waals surface area contributed by atoms with E-state index in [1.54, 1.807) is 30.5 Å². The maximum atomic E-state index is 10.8. The lowest BCUT2D eigenvalue weighted by Crippen LogP contribution is -2.00. The number of aromatic carboxylic acids is 1. The standard InChI is InChI=1S/C16H16N2O2/c19-16(20)13-7-5-12(6-8-13)15-17-10-9-14(18-15)11-3-1-2-4-11/h5-11H,1-4H2,(H,19,20). The van der Waals surface area contributed by atoms with Crippen LogP contribution in [-0.4, -0.2) is 21.0 Å². The minimum atomic E-state index is -0.919. The molecule has 0 aliphatic heterocycles. The van der Waals surface area contributed by atoms with E-state index in [-0.39, 0.29) is 5.56 Å². The van der Waals surface area contributed by atoms with Crippen LogP contribution in [0.4, 0.5) is 0 Å². The average molecular weight is 268 g/mol. The van der Waals surface area contributed by atoms with Crippen LogP contribution in [0.25, 0.3) is 11.4 Å². The smallest absolute Gasteiger partial charge is 0.335 e. The van der Waals surface area contributed by atoms with Crippen molar-refractivity contribution in [1.82, 2.24) is 9.97 Å². The Morgan fingerprint density at radius 1 is 1.10 bits per heavy atom. The fourth-order valence-electron chi connectivity index (χ4n) is 2.72. The van der Waals surface area contributed by atoms with Crippen molar-refractivity contribution in [1.29, 1.82) is 0 Å². The van der Waals surface area contributed by atoms with Crippen LogP contribution in [0, 0.1) is 0 Å². The molecule has 1 fully saturated rings. The minimum Gasteiger partial charge on any atom is -0.478 e. The summed E-state index contributed by atoms with van der Waals surface area (Å²) in [5.41, 5.74) is 2.24. The van der Waals surface area contributed by atoms with Crippen molar-refractivity contribution in [2.24, 2.45) is 0 Å². The summed E-state index contributed by atoms with van der Waals surface area (Å²) in [6, 6.07) is 8.69. The molecule has 0 radical (unpaired) electrons. The second-order valence-corrected chi connectivity index (χ2v) is 5.17. The zero-order chi connectivity index (χ0) is 13.9. The van der Waals surface area contributed by atoms with Gasteiger partial charge in [-0.05, 0) is 31.0 Å². The van der Waals surface area contributed by atoms with E-state index < -0.39 is 5.97 Å². The van der Waals surface area contributed by atoms with Gasteiger partial charge in [0.2, 0.25) is 0 Å². The first-order valence-corrected chi connectivity index (χ1v) is 6.91. The van der Waals surface area contributed by atoms with Gasteiger partial charge in [-0.25, -0.2) is 14.8 Å². The first kappa shape index (κ1) is 12.8. The van der Waals surface area contributed by atoms with Crippen molar-refractivity contribution in [3.63, 3.8) is 0 Å². The highest BCUT2D eigenvalue weighted by Gasteiger charge is 2.18. The Kier molecular flexibility index (Phi) is 3.46. The van der Waals surface area contributed by atoms with Crippen LogP contribution in [0.15, 0.2) is 36.5 Å². The second kappa shape index (κ2) is 5.41. The van der Waals surface area contributed by atoms with Crippen LogP contribution in [0.1, 0.15) is 47.7 Å². The highest BCUT2D eigenvalue weighted by Crippen LogP contribution is 2.33. The molecule has 20 heavy (non-hydrogen) atoms. The Bertz CT molecular complexity index is 617. The second-order valence-electron chi connectivity index (χ2n) is 5.17. The molecule has 102 valence electrons. The summed E-state index contributed by atoms with van der Waals surface area (Å²) in [4.78, 5) is 19.8. The van der Waals surface area contributed by atoms with E-state index in [1.165, 1.54) is 25.7 Å². The van der Waals surface area contributed by atoms with Gasteiger partial charge in [0.25, 0.3) is 0 Å². The molecule has 2 aromatic rings. The highest BCUT2D eigenvalue weighted by molar-refractivity contribution is 5.88. The normalized spacial score (nSPS) is 15.4. The van der Waals surface area contributed by atoms with Gasteiger partial charge in [0.1, 0.15) is 0 Å². The number of carboxylic acids is 1. The van der Waals surface area contributed by atoms with E-state index >= 15 is 0 Å². The van der Waals surface area contributed by atoms with E-state index in [4.69, 9.17) is 5.11 Å². The molecule has 3 rings (SSSR count). The predicted molar refractivity (Wildman–Crippen MR) is 75.6 cm³/mol. The SMILES string of the molecule is O=C(O)c1ccc(-c2nccc(C3CCCC3)n2)cc1. The van der Waals surface area contributed by atoms with Crippen LogP contribution in [-0.2, 0) is 0 Å². The Labute approximate surface area is 117 Å². The van der Waals surface area contributed by atoms with Gasteiger partial charge < -0.3 is 5.11 Å². The van der Waals surface area contributed by atoms with Crippen LogP contribution in [0.3, 0.4) is 0 Å². The molecule has 4 nitrogen and oxygen atoms in total. The third-order valence-electron chi connectivity index (χ3n) is 3.84. The molecule has 1 saturated carbocycles. The third-order valence-corrected chi connectivity index (χ3v) is 3.84. The topological polar surface area (TPSA) is 63.1 Å². The monoisotopic (exact) mass is 268 g/mol. The molecule has 1 aromatic heterocycles. The lowest BCUT2D eigenvalue weighted by Gasteiger charge is -2.09. The summed E-state index contributed by atoms with van der Waals surface area (Å²) in [7, 11) is 0. The third kappa shape index (κ3) is 2.54. The first-order chi connectivity index (χ1) is 9.74. The van der Waals surface area contributed by atoms with Crippen LogP contribution in [0.5, 0.6) is 0 Å². The van der Waals surface area contributed by atoms with E-state index in [0.717, 1.165) is 11.3 Å². The van der Waals surface area contributed by atoms with Gasteiger partial charge in [-0.2, -0.15) is 0 Å². The van der Waals surface area contributed by atoms with Gasteiger partial charge in [-0.3, -0.25) is 0 Å². The van der Waals surface area contributed by atoms with Crippen LogP contribution >= 0.6 is 0 Å². The van der Waals surface area contributed by atoms with E-state index in [9.17, 15) is 4.79 Å². The van der Waals surface area contributed by atoms with Crippen molar-refractivity contribution in [3.05, 3.63) is 47.8 Å². The molecular weight excluding hydrogens is 252 g/mol. The van der Waals surface area contributed by atoms with E-state index in [1.807, 2.05) is 6.07 Å². The Balaban J connectivity index is 1.89. The Morgan fingerprint density at radius 2 is 1.80 bits per heavy atom. The number of nitrogens with zero attached hydrogens (tertiary/aromatic N) is 2. The van der Waals surface area contributed by atoms with Crippen molar-refractivity contribution in [3.8, 4) is 11.4 Å². The first-order valence-electron chi connectivity index (χ1n) is 6.91. The number of benzene rings is 1. The number of rotatable bonds is 3. The van der Waals surface area contributed by atoms with Crippen LogP contribution < -0.4 is 0 Å². The molecule has 0 bridgehead atoms. The van der Waals surface area contributed by atoms with Crippen molar-refractivity contribution >= 4 is 5.97 Å².